The zero-order valence-electron chi connectivity index (χ0n) is 15.3. The largest absolute Gasteiger partial charge is 0.356 e. The predicted octanol–water partition coefficient (Wildman–Crippen LogP) is 1.44. The first-order chi connectivity index (χ1) is 11.6. The van der Waals surface area contributed by atoms with Crippen LogP contribution in [0.3, 0.4) is 0 Å². The molecule has 2 N–H and O–H groups in total. The molecule has 0 amide bonds. The Labute approximate surface area is 166 Å². The van der Waals surface area contributed by atoms with Crippen molar-refractivity contribution in [3.63, 3.8) is 0 Å². The summed E-state index contributed by atoms with van der Waals surface area (Å²) >= 11 is 0. The summed E-state index contributed by atoms with van der Waals surface area (Å²) in [4.78, 5) is 10.8. The van der Waals surface area contributed by atoms with E-state index in [2.05, 4.69) is 44.7 Å². The lowest BCUT2D eigenvalue weighted by molar-refractivity contribution is 0.298. The van der Waals surface area contributed by atoms with Crippen LogP contribution in [0.15, 0.2) is 41.8 Å². The van der Waals surface area contributed by atoms with Crippen LogP contribution >= 0.6 is 24.0 Å². The monoisotopic (exact) mass is 457 g/mol. The quantitative estimate of drug-likeness (QED) is 0.374. The number of nitrogens with one attached hydrogen (secondary N) is 2. The number of nitrogens with zero attached hydrogens (tertiary/aromatic N) is 5. The zero-order chi connectivity index (χ0) is 17.4. The maximum absolute atomic E-state index is 4.32. The third-order valence-electron chi connectivity index (χ3n) is 3.82. The number of hydrogen-bond donors (Lipinski definition) is 2. The number of aromatic nitrogens is 3. The summed E-state index contributed by atoms with van der Waals surface area (Å²) in [6, 6.07) is 6.19. The lowest BCUT2D eigenvalue weighted by Gasteiger charge is -2.24. The Morgan fingerprint density at radius 2 is 2.12 bits per heavy atom. The second-order valence-corrected chi connectivity index (χ2v) is 5.88. The Morgan fingerprint density at radius 1 is 1.32 bits per heavy atom. The molecule has 0 bridgehead atoms. The average molecular weight is 457 g/mol. The Morgan fingerprint density at radius 3 is 2.68 bits per heavy atom. The SMILES string of the molecule is CN=C(NCCc1ccccn1)NCC(c1cnn(C)c1)N(C)C.I. The van der Waals surface area contributed by atoms with Gasteiger partial charge in [0.15, 0.2) is 5.96 Å². The van der Waals surface area contributed by atoms with Gasteiger partial charge in [0.05, 0.1) is 12.2 Å². The number of aryl methyl sites for hydroxylation is 1. The molecule has 8 heteroatoms. The fourth-order valence-corrected chi connectivity index (χ4v) is 2.48. The van der Waals surface area contributed by atoms with E-state index in [1.165, 1.54) is 5.56 Å². The number of aliphatic imine (C=N–C) groups is 1. The van der Waals surface area contributed by atoms with Gasteiger partial charge >= 0.3 is 0 Å². The summed E-state index contributed by atoms with van der Waals surface area (Å²) in [5.41, 5.74) is 2.25. The lowest BCUT2D eigenvalue weighted by Crippen LogP contribution is -2.42. The Balaban J connectivity index is 0.00000312. The molecule has 0 spiro atoms. The maximum atomic E-state index is 4.32. The molecule has 0 saturated heterocycles. The second kappa shape index (κ2) is 11.0. The van der Waals surface area contributed by atoms with E-state index in [0.29, 0.717) is 0 Å². The average Bonchev–Trinajstić information content (AvgIpc) is 3.00. The van der Waals surface area contributed by atoms with Gasteiger partial charge in [0.2, 0.25) is 0 Å². The zero-order valence-corrected chi connectivity index (χ0v) is 17.6. The minimum absolute atomic E-state index is 0. The first-order valence-corrected chi connectivity index (χ1v) is 8.09. The minimum Gasteiger partial charge on any atom is -0.356 e. The minimum atomic E-state index is 0. The molecule has 0 aromatic carbocycles. The summed E-state index contributed by atoms with van der Waals surface area (Å²) < 4.78 is 1.83. The van der Waals surface area contributed by atoms with Gasteiger partial charge in [0.25, 0.3) is 0 Å². The molecule has 1 atom stereocenters. The van der Waals surface area contributed by atoms with Crippen LogP contribution < -0.4 is 10.6 Å². The topological polar surface area (TPSA) is 70.4 Å². The van der Waals surface area contributed by atoms with Crippen molar-refractivity contribution in [3.8, 4) is 0 Å². The summed E-state index contributed by atoms with van der Waals surface area (Å²) in [6.45, 7) is 1.54. The van der Waals surface area contributed by atoms with E-state index in [4.69, 9.17) is 0 Å². The summed E-state index contributed by atoms with van der Waals surface area (Å²) in [7, 11) is 7.85. The van der Waals surface area contributed by atoms with E-state index in [9.17, 15) is 0 Å². The van der Waals surface area contributed by atoms with Crippen molar-refractivity contribution in [2.24, 2.45) is 12.0 Å². The highest BCUT2D eigenvalue weighted by molar-refractivity contribution is 14.0. The van der Waals surface area contributed by atoms with Gasteiger partial charge < -0.3 is 15.5 Å². The van der Waals surface area contributed by atoms with Gasteiger partial charge in [-0.25, -0.2) is 0 Å². The molecule has 2 rings (SSSR count). The number of hydrogen-bond acceptors (Lipinski definition) is 4. The van der Waals surface area contributed by atoms with E-state index in [0.717, 1.165) is 31.2 Å². The van der Waals surface area contributed by atoms with Gasteiger partial charge in [-0.3, -0.25) is 14.7 Å². The van der Waals surface area contributed by atoms with Crippen molar-refractivity contribution in [2.45, 2.75) is 12.5 Å². The van der Waals surface area contributed by atoms with Crippen LogP contribution in [0.1, 0.15) is 17.3 Å². The standard InChI is InChI=1S/C17H27N7.HI/c1-18-17(20-10-8-15-7-5-6-9-19-15)21-12-16(23(2)3)14-11-22-24(4)13-14;/h5-7,9,11,13,16H,8,10,12H2,1-4H3,(H2,18,20,21);1H. The van der Waals surface area contributed by atoms with Crippen LogP contribution in [0, 0.1) is 0 Å². The van der Waals surface area contributed by atoms with Gasteiger partial charge in [-0.05, 0) is 26.2 Å². The molecule has 0 aliphatic carbocycles. The molecule has 0 saturated carbocycles. The van der Waals surface area contributed by atoms with Gasteiger partial charge in [-0.1, -0.05) is 6.07 Å². The van der Waals surface area contributed by atoms with E-state index < -0.39 is 0 Å². The summed E-state index contributed by atoms with van der Waals surface area (Å²) in [5, 5.41) is 11.0. The summed E-state index contributed by atoms with van der Waals surface area (Å²) in [6.07, 6.45) is 6.63. The molecule has 2 heterocycles. The molecule has 2 aromatic heterocycles. The van der Waals surface area contributed by atoms with Gasteiger partial charge in [-0.15, -0.1) is 24.0 Å². The van der Waals surface area contributed by atoms with Gasteiger partial charge in [0.1, 0.15) is 0 Å². The third kappa shape index (κ3) is 6.99. The smallest absolute Gasteiger partial charge is 0.191 e. The van der Waals surface area contributed by atoms with Crippen molar-refractivity contribution in [1.82, 2.24) is 30.3 Å². The van der Waals surface area contributed by atoms with Crippen molar-refractivity contribution in [2.75, 3.05) is 34.2 Å². The van der Waals surface area contributed by atoms with E-state index >= 15 is 0 Å². The molecule has 0 fully saturated rings. The van der Waals surface area contributed by atoms with Crippen LogP contribution in [0.4, 0.5) is 0 Å². The van der Waals surface area contributed by atoms with Crippen LogP contribution in [0.25, 0.3) is 0 Å². The van der Waals surface area contributed by atoms with E-state index in [-0.39, 0.29) is 30.0 Å². The fourth-order valence-electron chi connectivity index (χ4n) is 2.48. The second-order valence-electron chi connectivity index (χ2n) is 5.88. The van der Waals surface area contributed by atoms with Crippen molar-refractivity contribution >= 4 is 29.9 Å². The molecule has 138 valence electrons. The highest BCUT2D eigenvalue weighted by Gasteiger charge is 2.16. The van der Waals surface area contributed by atoms with E-state index in [1.807, 2.05) is 48.5 Å². The molecule has 1 unspecified atom stereocenters. The van der Waals surface area contributed by atoms with Gasteiger partial charge in [0, 0.05) is 57.3 Å². The molecule has 7 nitrogen and oxygen atoms in total. The van der Waals surface area contributed by atoms with Crippen LogP contribution in [0.2, 0.25) is 0 Å². The third-order valence-corrected chi connectivity index (χ3v) is 3.82. The number of guanidine groups is 1. The first kappa shape index (κ1) is 21.4. The van der Waals surface area contributed by atoms with Crippen molar-refractivity contribution in [3.05, 3.63) is 48.0 Å². The van der Waals surface area contributed by atoms with E-state index in [1.54, 1.807) is 7.05 Å². The Hall–Kier alpha value is -1.68. The normalized spacial score (nSPS) is 12.6. The molecular weight excluding hydrogens is 429 g/mol. The predicted molar refractivity (Wildman–Crippen MR) is 112 cm³/mol. The number of halogens is 1. The van der Waals surface area contributed by atoms with Crippen molar-refractivity contribution in [1.29, 1.82) is 0 Å². The maximum Gasteiger partial charge on any atom is 0.191 e. The van der Waals surface area contributed by atoms with Crippen molar-refractivity contribution < 1.29 is 0 Å². The van der Waals surface area contributed by atoms with Crippen LogP contribution in [-0.2, 0) is 13.5 Å². The lowest BCUT2D eigenvalue weighted by atomic mass is 10.1. The Bertz CT molecular complexity index is 639. The summed E-state index contributed by atoms with van der Waals surface area (Å²) in [5.74, 6) is 0.793. The molecule has 2 aromatic rings. The molecule has 0 radical (unpaired) electrons. The van der Waals surface area contributed by atoms with Crippen LogP contribution in [0.5, 0.6) is 0 Å². The number of likely N-dealkylation sites (N-methyl/N-ethyl adjacent to an activating group) is 1. The highest BCUT2D eigenvalue weighted by Crippen LogP contribution is 2.15. The molecule has 0 aliphatic rings. The molecule has 25 heavy (non-hydrogen) atoms. The number of rotatable bonds is 7. The first-order valence-electron chi connectivity index (χ1n) is 8.09. The highest BCUT2D eigenvalue weighted by atomic mass is 127. The molecular formula is C17H28IN7. The van der Waals surface area contributed by atoms with Gasteiger partial charge in [-0.2, -0.15) is 5.10 Å². The molecule has 0 aliphatic heterocycles. The number of pyridine rings is 1. The van der Waals surface area contributed by atoms with Crippen LogP contribution in [-0.4, -0.2) is 59.9 Å². The fraction of sp³-hybridized carbons (Fsp3) is 0.471. The Kier molecular flexibility index (Phi) is 9.43.